The molecule has 0 aliphatic carbocycles. The Morgan fingerprint density at radius 3 is 2.34 bits per heavy atom. The fraction of sp³-hybridized carbons (Fsp3) is 0.259. The summed E-state index contributed by atoms with van der Waals surface area (Å²) in [7, 11) is 1.60. The highest BCUT2D eigenvalue weighted by molar-refractivity contribution is 5.95. The van der Waals surface area contributed by atoms with Gasteiger partial charge in [0.25, 0.3) is 0 Å². The maximum Gasteiger partial charge on any atom is 0.417 e. The zero-order valence-electron chi connectivity index (χ0n) is 18.4. The van der Waals surface area contributed by atoms with Gasteiger partial charge in [0.05, 0.1) is 7.11 Å². The lowest BCUT2D eigenvalue weighted by molar-refractivity contribution is -0.131. The van der Waals surface area contributed by atoms with E-state index in [0.717, 1.165) is 28.7 Å². The predicted molar refractivity (Wildman–Crippen MR) is 123 cm³/mol. The molecule has 0 aromatic heterocycles. The first-order valence-electron chi connectivity index (χ1n) is 10.9. The summed E-state index contributed by atoms with van der Waals surface area (Å²) in [6, 6.07) is 25.3. The average Bonchev–Trinajstić information content (AvgIpc) is 3.21. The number of ether oxygens (including phenoxy) is 2. The number of aryl methyl sites for hydroxylation is 2. The summed E-state index contributed by atoms with van der Waals surface area (Å²) in [4.78, 5) is 27.8. The Hall–Kier alpha value is -3.60. The number of methoxy groups -OCH3 is 1. The molecule has 1 saturated heterocycles. The van der Waals surface area contributed by atoms with E-state index in [1.165, 1.54) is 4.90 Å². The lowest BCUT2D eigenvalue weighted by Crippen LogP contribution is -2.49. The van der Waals surface area contributed by atoms with Gasteiger partial charge in [-0.3, -0.25) is 4.79 Å². The van der Waals surface area contributed by atoms with E-state index in [0.29, 0.717) is 12.2 Å². The van der Waals surface area contributed by atoms with Gasteiger partial charge < -0.3 is 9.47 Å². The number of hydrogen-bond acceptors (Lipinski definition) is 4. The van der Waals surface area contributed by atoms with Crippen LogP contribution in [0.15, 0.2) is 78.9 Å². The molecule has 1 fully saturated rings. The molecule has 5 nitrogen and oxygen atoms in total. The van der Waals surface area contributed by atoms with Crippen LogP contribution in [0.5, 0.6) is 5.75 Å². The number of carbonyl (C=O) groups is 2. The van der Waals surface area contributed by atoms with Crippen molar-refractivity contribution < 1.29 is 19.1 Å². The normalized spacial score (nSPS) is 17.8. The SMILES string of the molecule is CCc1ccc(OC)c(C2(c3ccccc3)COC(=O)N2C(=O)CCc2ccccc2)c1. The summed E-state index contributed by atoms with van der Waals surface area (Å²) >= 11 is 0. The maximum atomic E-state index is 13.5. The third-order valence-corrected chi connectivity index (χ3v) is 6.06. The quantitative estimate of drug-likeness (QED) is 0.524. The molecule has 4 rings (SSSR count). The van der Waals surface area contributed by atoms with Crippen LogP contribution in [-0.2, 0) is 27.9 Å². The summed E-state index contributed by atoms with van der Waals surface area (Å²) < 4.78 is 11.2. The molecule has 1 atom stereocenters. The molecule has 5 heteroatoms. The molecule has 3 aromatic carbocycles. The fourth-order valence-corrected chi connectivity index (χ4v) is 4.35. The minimum atomic E-state index is -1.09. The molecule has 0 bridgehead atoms. The number of cyclic esters (lactones) is 1. The zero-order valence-corrected chi connectivity index (χ0v) is 18.4. The van der Waals surface area contributed by atoms with Crippen LogP contribution in [0.3, 0.4) is 0 Å². The van der Waals surface area contributed by atoms with E-state index in [9.17, 15) is 9.59 Å². The van der Waals surface area contributed by atoms with Gasteiger partial charge in [0.15, 0.2) is 0 Å². The van der Waals surface area contributed by atoms with Crippen molar-refractivity contribution in [2.24, 2.45) is 0 Å². The monoisotopic (exact) mass is 429 g/mol. The maximum absolute atomic E-state index is 13.5. The molecular formula is C27H27NO4. The lowest BCUT2D eigenvalue weighted by atomic mass is 9.80. The van der Waals surface area contributed by atoms with Gasteiger partial charge in [-0.1, -0.05) is 73.7 Å². The van der Waals surface area contributed by atoms with Gasteiger partial charge in [-0.2, -0.15) is 0 Å². The Kier molecular flexibility index (Phi) is 6.26. The molecule has 1 aliphatic heterocycles. The topological polar surface area (TPSA) is 55.8 Å². The third kappa shape index (κ3) is 3.86. The minimum Gasteiger partial charge on any atom is -0.496 e. The van der Waals surface area contributed by atoms with Gasteiger partial charge in [-0.05, 0) is 41.7 Å². The molecule has 2 amide bonds. The number of benzene rings is 3. The predicted octanol–water partition coefficient (Wildman–Crippen LogP) is 5.11. The van der Waals surface area contributed by atoms with E-state index >= 15 is 0 Å². The van der Waals surface area contributed by atoms with E-state index in [4.69, 9.17) is 9.47 Å². The van der Waals surface area contributed by atoms with Crippen molar-refractivity contribution in [1.82, 2.24) is 4.90 Å². The summed E-state index contributed by atoms with van der Waals surface area (Å²) in [5, 5.41) is 0. The largest absolute Gasteiger partial charge is 0.496 e. The minimum absolute atomic E-state index is 0.0381. The van der Waals surface area contributed by atoms with Crippen molar-refractivity contribution in [1.29, 1.82) is 0 Å². The molecule has 0 radical (unpaired) electrons. The van der Waals surface area contributed by atoms with Crippen LogP contribution in [-0.4, -0.2) is 30.6 Å². The highest BCUT2D eigenvalue weighted by atomic mass is 16.6. The summed E-state index contributed by atoms with van der Waals surface area (Å²) in [5.41, 5.74) is 2.61. The van der Waals surface area contributed by atoms with E-state index in [-0.39, 0.29) is 18.9 Å². The summed E-state index contributed by atoms with van der Waals surface area (Å²) in [6.45, 7) is 2.11. The van der Waals surface area contributed by atoms with Gasteiger partial charge in [0, 0.05) is 12.0 Å². The fourth-order valence-electron chi connectivity index (χ4n) is 4.35. The molecule has 3 aromatic rings. The summed E-state index contributed by atoms with van der Waals surface area (Å²) in [6.07, 6.45) is 0.929. The number of hydrogen-bond donors (Lipinski definition) is 0. The van der Waals surface area contributed by atoms with Crippen molar-refractivity contribution in [3.8, 4) is 5.75 Å². The van der Waals surface area contributed by atoms with Crippen molar-refractivity contribution >= 4 is 12.0 Å². The molecule has 1 unspecified atom stereocenters. The average molecular weight is 430 g/mol. The van der Waals surface area contributed by atoms with Crippen LogP contribution >= 0.6 is 0 Å². The first-order valence-corrected chi connectivity index (χ1v) is 10.9. The lowest BCUT2D eigenvalue weighted by Gasteiger charge is -2.36. The van der Waals surface area contributed by atoms with Crippen molar-refractivity contribution in [2.75, 3.05) is 13.7 Å². The number of nitrogens with zero attached hydrogens (tertiary/aromatic N) is 1. The Labute approximate surface area is 188 Å². The van der Waals surface area contributed by atoms with Gasteiger partial charge in [-0.15, -0.1) is 0 Å². The Bertz CT molecular complexity index is 1100. The van der Waals surface area contributed by atoms with Crippen molar-refractivity contribution in [3.05, 3.63) is 101 Å². The standard InChI is InChI=1S/C27H27NO4/c1-3-20-14-16-24(31-2)23(18-20)27(22-12-8-5-9-13-22)19-32-26(30)28(27)25(29)17-15-21-10-6-4-7-11-21/h4-14,16,18H,3,15,17,19H2,1-2H3. The van der Waals surface area contributed by atoms with Gasteiger partial charge in [0.2, 0.25) is 5.91 Å². The molecule has 0 spiro atoms. The Morgan fingerprint density at radius 1 is 1.00 bits per heavy atom. The van der Waals surface area contributed by atoms with Gasteiger partial charge in [-0.25, -0.2) is 9.69 Å². The van der Waals surface area contributed by atoms with E-state index < -0.39 is 11.6 Å². The second kappa shape index (κ2) is 9.27. The van der Waals surface area contributed by atoms with Gasteiger partial charge >= 0.3 is 6.09 Å². The number of rotatable bonds is 7. The second-order valence-corrected chi connectivity index (χ2v) is 7.88. The Morgan fingerprint density at radius 2 is 1.69 bits per heavy atom. The molecule has 32 heavy (non-hydrogen) atoms. The first kappa shape index (κ1) is 21.6. The highest BCUT2D eigenvalue weighted by Crippen LogP contribution is 2.45. The molecule has 1 aliphatic rings. The third-order valence-electron chi connectivity index (χ3n) is 6.06. The first-order chi connectivity index (χ1) is 15.6. The van der Waals surface area contributed by atoms with E-state index in [2.05, 4.69) is 6.92 Å². The molecule has 0 N–H and O–H groups in total. The van der Waals surface area contributed by atoms with E-state index in [1.807, 2.05) is 78.9 Å². The van der Waals surface area contributed by atoms with Crippen LogP contribution in [0.2, 0.25) is 0 Å². The van der Waals surface area contributed by atoms with Crippen LogP contribution in [0.25, 0.3) is 0 Å². The summed E-state index contributed by atoms with van der Waals surface area (Å²) in [5.74, 6) is 0.342. The van der Waals surface area contributed by atoms with Crippen LogP contribution in [0.4, 0.5) is 4.79 Å². The second-order valence-electron chi connectivity index (χ2n) is 7.88. The Balaban J connectivity index is 1.82. The number of amides is 2. The number of carbonyl (C=O) groups excluding carboxylic acids is 2. The molecule has 164 valence electrons. The number of imide groups is 1. The van der Waals surface area contributed by atoms with Crippen molar-refractivity contribution in [2.45, 2.75) is 31.7 Å². The van der Waals surface area contributed by atoms with Crippen LogP contribution in [0.1, 0.15) is 35.6 Å². The highest BCUT2D eigenvalue weighted by Gasteiger charge is 2.54. The zero-order chi connectivity index (χ0) is 22.6. The smallest absolute Gasteiger partial charge is 0.417 e. The van der Waals surface area contributed by atoms with Crippen molar-refractivity contribution in [3.63, 3.8) is 0 Å². The molecule has 1 heterocycles. The van der Waals surface area contributed by atoms with E-state index in [1.54, 1.807) is 7.11 Å². The van der Waals surface area contributed by atoms with Crippen LogP contribution < -0.4 is 4.74 Å². The molecule has 0 saturated carbocycles. The van der Waals surface area contributed by atoms with Gasteiger partial charge in [0.1, 0.15) is 17.9 Å². The van der Waals surface area contributed by atoms with Crippen LogP contribution in [0, 0.1) is 0 Å². The molecular weight excluding hydrogens is 402 g/mol.